The molecule has 1 N–H and O–H groups in total. The molecule has 0 radical (unpaired) electrons. The summed E-state index contributed by atoms with van der Waals surface area (Å²) in [5.74, 6) is 0.932. The quantitative estimate of drug-likeness (QED) is 0.846. The fourth-order valence-electron chi connectivity index (χ4n) is 1.86. The molecule has 0 aliphatic heterocycles. The van der Waals surface area contributed by atoms with E-state index in [1.165, 1.54) is 24.0 Å². The van der Waals surface area contributed by atoms with Gasteiger partial charge in [0.05, 0.1) is 0 Å². The van der Waals surface area contributed by atoms with Gasteiger partial charge in [0.25, 0.3) is 0 Å². The normalized spacial score (nSPS) is 14.6. The van der Waals surface area contributed by atoms with Gasteiger partial charge in [-0.1, -0.05) is 15.9 Å². The van der Waals surface area contributed by atoms with E-state index in [2.05, 4.69) is 50.2 Å². The van der Waals surface area contributed by atoms with Crippen LogP contribution in [0.25, 0.3) is 0 Å². The lowest BCUT2D eigenvalue weighted by atomic mass is 10.2. The van der Waals surface area contributed by atoms with Crippen LogP contribution < -0.4 is 10.1 Å². The Labute approximate surface area is 125 Å². The van der Waals surface area contributed by atoms with Gasteiger partial charge in [0, 0.05) is 17.1 Å². The summed E-state index contributed by atoms with van der Waals surface area (Å²) < 4.78 is 6.97. The zero-order chi connectivity index (χ0) is 13.1. The van der Waals surface area contributed by atoms with Crippen LogP contribution in [-0.4, -0.2) is 6.04 Å². The zero-order valence-corrected chi connectivity index (χ0v) is 13.0. The van der Waals surface area contributed by atoms with Gasteiger partial charge in [-0.25, -0.2) is 0 Å². The zero-order valence-electron chi connectivity index (χ0n) is 10.6. The van der Waals surface area contributed by atoms with Crippen molar-refractivity contribution in [2.45, 2.75) is 32.0 Å². The van der Waals surface area contributed by atoms with Gasteiger partial charge in [-0.3, -0.25) is 0 Å². The second-order valence-corrected chi connectivity index (χ2v) is 6.46. The number of halogens is 1. The van der Waals surface area contributed by atoms with Crippen LogP contribution in [-0.2, 0) is 13.2 Å². The third kappa shape index (κ3) is 3.81. The molecule has 100 valence electrons. The summed E-state index contributed by atoms with van der Waals surface area (Å²) in [4.78, 5) is 0. The molecule has 19 heavy (non-hydrogen) atoms. The standard InChI is InChI=1S/C15H16BrNOS/c16-15-4-3-14(18-9-11-5-6-19-10-11)7-12(15)8-17-13-1-2-13/h3-7,10,13,17H,1-2,8-9H2. The molecule has 2 aromatic rings. The molecule has 1 heterocycles. The summed E-state index contributed by atoms with van der Waals surface area (Å²) >= 11 is 5.30. The monoisotopic (exact) mass is 337 g/mol. The van der Waals surface area contributed by atoms with Gasteiger partial charge < -0.3 is 10.1 Å². The number of rotatable bonds is 6. The molecule has 0 saturated heterocycles. The van der Waals surface area contributed by atoms with Crippen molar-refractivity contribution < 1.29 is 4.74 Å². The van der Waals surface area contributed by atoms with Crippen LogP contribution in [0, 0.1) is 0 Å². The Balaban J connectivity index is 1.62. The molecule has 0 amide bonds. The van der Waals surface area contributed by atoms with Crippen molar-refractivity contribution in [3.63, 3.8) is 0 Å². The van der Waals surface area contributed by atoms with E-state index in [9.17, 15) is 0 Å². The van der Waals surface area contributed by atoms with E-state index in [1.54, 1.807) is 11.3 Å². The SMILES string of the molecule is Brc1ccc(OCc2ccsc2)cc1CNC1CC1. The molecule has 1 aromatic carbocycles. The van der Waals surface area contributed by atoms with Crippen molar-refractivity contribution in [2.24, 2.45) is 0 Å². The van der Waals surface area contributed by atoms with E-state index in [1.807, 2.05) is 6.07 Å². The molecule has 0 unspecified atom stereocenters. The number of hydrogen-bond donors (Lipinski definition) is 1. The molecular formula is C15H16BrNOS. The highest BCUT2D eigenvalue weighted by Gasteiger charge is 2.20. The minimum absolute atomic E-state index is 0.640. The Morgan fingerprint density at radius 1 is 1.32 bits per heavy atom. The van der Waals surface area contributed by atoms with Crippen LogP contribution in [0.15, 0.2) is 39.5 Å². The lowest BCUT2D eigenvalue weighted by molar-refractivity contribution is 0.306. The number of benzene rings is 1. The summed E-state index contributed by atoms with van der Waals surface area (Å²) in [7, 11) is 0. The number of ether oxygens (including phenoxy) is 1. The van der Waals surface area contributed by atoms with Crippen molar-refractivity contribution in [3.8, 4) is 5.75 Å². The summed E-state index contributed by atoms with van der Waals surface area (Å²) in [5.41, 5.74) is 2.49. The molecule has 3 rings (SSSR count). The molecule has 1 aliphatic rings. The average molecular weight is 338 g/mol. The first-order chi connectivity index (χ1) is 9.31. The van der Waals surface area contributed by atoms with Crippen LogP contribution in [0.1, 0.15) is 24.0 Å². The van der Waals surface area contributed by atoms with Crippen LogP contribution in [0.3, 0.4) is 0 Å². The van der Waals surface area contributed by atoms with Crippen molar-refractivity contribution in [1.29, 1.82) is 0 Å². The Hall–Kier alpha value is -0.840. The van der Waals surface area contributed by atoms with E-state index in [-0.39, 0.29) is 0 Å². The highest BCUT2D eigenvalue weighted by atomic mass is 79.9. The van der Waals surface area contributed by atoms with E-state index in [4.69, 9.17) is 4.74 Å². The van der Waals surface area contributed by atoms with Gasteiger partial charge in [-0.2, -0.15) is 11.3 Å². The predicted octanol–water partition coefficient (Wildman–Crippen LogP) is 4.34. The number of hydrogen-bond acceptors (Lipinski definition) is 3. The molecular weight excluding hydrogens is 322 g/mol. The number of thiophene rings is 1. The third-order valence-corrected chi connectivity index (χ3v) is 4.67. The predicted molar refractivity (Wildman–Crippen MR) is 82.7 cm³/mol. The van der Waals surface area contributed by atoms with E-state index < -0.39 is 0 Å². The summed E-state index contributed by atoms with van der Waals surface area (Å²) in [6.07, 6.45) is 2.62. The van der Waals surface area contributed by atoms with E-state index in [0.29, 0.717) is 6.61 Å². The molecule has 4 heteroatoms. The Morgan fingerprint density at radius 3 is 2.95 bits per heavy atom. The molecule has 0 atom stereocenters. The molecule has 1 aliphatic carbocycles. The molecule has 1 saturated carbocycles. The van der Waals surface area contributed by atoms with Gasteiger partial charge in [0.15, 0.2) is 0 Å². The Bertz CT molecular complexity index is 537. The average Bonchev–Trinajstić information content (AvgIpc) is 3.10. The highest BCUT2D eigenvalue weighted by Crippen LogP contribution is 2.25. The largest absolute Gasteiger partial charge is 0.489 e. The smallest absolute Gasteiger partial charge is 0.120 e. The second-order valence-electron chi connectivity index (χ2n) is 4.83. The van der Waals surface area contributed by atoms with Crippen molar-refractivity contribution in [1.82, 2.24) is 5.32 Å². The van der Waals surface area contributed by atoms with Crippen molar-refractivity contribution >= 4 is 27.3 Å². The highest BCUT2D eigenvalue weighted by molar-refractivity contribution is 9.10. The Kier molecular flexibility index (Phi) is 4.21. The maximum Gasteiger partial charge on any atom is 0.120 e. The first-order valence-electron chi connectivity index (χ1n) is 6.47. The number of nitrogens with one attached hydrogen (secondary N) is 1. The molecule has 0 bridgehead atoms. The third-order valence-electron chi connectivity index (χ3n) is 3.16. The maximum absolute atomic E-state index is 5.83. The lowest BCUT2D eigenvalue weighted by Crippen LogP contribution is -2.15. The maximum atomic E-state index is 5.83. The van der Waals surface area contributed by atoms with E-state index >= 15 is 0 Å². The minimum Gasteiger partial charge on any atom is -0.489 e. The van der Waals surface area contributed by atoms with Gasteiger partial charge in [-0.15, -0.1) is 0 Å². The van der Waals surface area contributed by atoms with Crippen LogP contribution in [0.5, 0.6) is 5.75 Å². The topological polar surface area (TPSA) is 21.3 Å². The van der Waals surface area contributed by atoms with Crippen LogP contribution in [0.2, 0.25) is 0 Å². The summed E-state index contributed by atoms with van der Waals surface area (Å²) in [6, 6.07) is 9.01. The molecule has 1 fully saturated rings. The van der Waals surface area contributed by atoms with Crippen molar-refractivity contribution in [2.75, 3.05) is 0 Å². The summed E-state index contributed by atoms with van der Waals surface area (Å²) in [5, 5.41) is 7.72. The minimum atomic E-state index is 0.640. The fraction of sp³-hybridized carbons (Fsp3) is 0.333. The van der Waals surface area contributed by atoms with E-state index in [0.717, 1.165) is 22.8 Å². The fourth-order valence-corrected chi connectivity index (χ4v) is 2.90. The summed E-state index contributed by atoms with van der Waals surface area (Å²) in [6.45, 7) is 1.54. The van der Waals surface area contributed by atoms with Gasteiger partial charge >= 0.3 is 0 Å². The van der Waals surface area contributed by atoms with Crippen LogP contribution in [0.4, 0.5) is 0 Å². The first kappa shape index (κ1) is 13.2. The van der Waals surface area contributed by atoms with Gasteiger partial charge in [0.2, 0.25) is 0 Å². The van der Waals surface area contributed by atoms with Crippen molar-refractivity contribution in [3.05, 3.63) is 50.6 Å². The molecule has 2 nitrogen and oxygen atoms in total. The molecule has 1 aromatic heterocycles. The Morgan fingerprint density at radius 2 is 2.21 bits per heavy atom. The van der Waals surface area contributed by atoms with Gasteiger partial charge in [0.1, 0.15) is 12.4 Å². The second kappa shape index (κ2) is 6.07. The molecule has 0 spiro atoms. The van der Waals surface area contributed by atoms with Crippen LogP contribution >= 0.6 is 27.3 Å². The van der Waals surface area contributed by atoms with Gasteiger partial charge in [-0.05, 0) is 59.0 Å². The lowest BCUT2D eigenvalue weighted by Gasteiger charge is -2.10. The first-order valence-corrected chi connectivity index (χ1v) is 8.20.